The molecule has 1 aromatic carbocycles. The maximum atomic E-state index is 12.9. The van der Waals surface area contributed by atoms with E-state index in [4.69, 9.17) is 4.74 Å². The van der Waals surface area contributed by atoms with Gasteiger partial charge in [0.15, 0.2) is 11.6 Å². The number of fused-ring (bicyclic) bond motifs is 1. The van der Waals surface area contributed by atoms with E-state index in [2.05, 4.69) is 0 Å². The first kappa shape index (κ1) is 16.7. The highest BCUT2D eigenvalue weighted by atomic mass is 16.5. The zero-order valence-electron chi connectivity index (χ0n) is 13.8. The van der Waals surface area contributed by atoms with Gasteiger partial charge in [0.1, 0.15) is 11.5 Å². The average Bonchev–Trinajstić information content (AvgIpc) is 2.49. The first-order chi connectivity index (χ1) is 11.1. The van der Waals surface area contributed by atoms with Gasteiger partial charge in [0.05, 0.1) is 22.3 Å². The first-order valence-corrected chi connectivity index (χ1v) is 7.85. The number of phenols is 2. The molecular formula is C18H20O6. The van der Waals surface area contributed by atoms with Crippen LogP contribution in [-0.2, 0) is 4.74 Å². The number of carbonyl (C=O) groups is 2. The van der Waals surface area contributed by atoms with E-state index >= 15 is 0 Å². The van der Waals surface area contributed by atoms with Gasteiger partial charge in [0.2, 0.25) is 0 Å². The van der Waals surface area contributed by atoms with Crippen molar-refractivity contribution in [2.24, 2.45) is 0 Å². The van der Waals surface area contributed by atoms with Gasteiger partial charge in [0.25, 0.3) is 0 Å². The molecule has 0 fully saturated rings. The topological polar surface area (TPSA) is 104 Å². The third kappa shape index (κ3) is 2.10. The standard InChI is InChI=1S/C18H20O6/c1-4-24-18(3)8-10-9(7-17(18,2)23)15(21)13-11(19)5-6-12(20)14(13)16(10)22/h5-6,19-20,23H,4,7-8H2,1-3H3. The van der Waals surface area contributed by atoms with Crippen LogP contribution < -0.4 is 0 Å². The van der Waals surface area contributed by atoms with Crippen molar-refractivity contribution in [1.82, 2.24) is 0 Å². The SMILES string of the molecule is CCOC1(C)CC2=C(CC1(C)O)C(=O)c1c(O)ccc(O)c1C2=O. The van der Waals surface area contributed by atoms with Gasteiger partial charge in [-0.25, -0.2) is 0 Å². The molecule has 0 spiro atoms. The van der Waals surface area contributed by atoms with Crippen molar-refractivity contribution in [3.8, 4) is 11.5 Å². The summed E-state index contributed by atoms with van der Waals surface area (Å²) in [5.41, 5.74) is -2.34. The molecule has 2 unspecified atom stereocenters. The van der Waals surface area contributed by atoms with Crippen LogP contribution >= 0.6 is 0 Å². The number of ether oxygens (including phenoxy) is 1. The minimum atomic E-state index is -1.35. The van der Waals surface area contributed by atoms with E-state index in [9.17, 15) is 24.9 Å². The van der Waals surface area contributed by atoms with Gasteiger partial charge in [-0.1, -0.05) is 0 Å². The van der Waals surface area contributed by atoms with Crippen LogP contribution in [0, 0.1) is 0 Å². The molecule has 1 aromatic rings. The highest BCUT2D eigenvalue weighted by Gasteiger charge is 2.53. The lowest BCUT2D eigenvalue weighted by molar-refractivity contribution is -0.166. The number of aromatic hydroxyl groups is 2. The molecule has 2 aliphatic carbocycles. The number of benzene rings is 1. The summed E-state index contributed by atoms with van der Waals surface area (Å²) in [6, 6.07) is 2.36. The molecule has 128 valence electrons. The minimum Gasteiger partial charge on any atom is -0.507 e. The van der Waals surface area contributed by atoms with E-state index < -0.39 is 22.8 Å². The van der Waals surface area contributed by atoms with Crippen molar-refractivity contribution in [1.29, 1.82) is 0 Å². The Morgan fingerprint density at radius 1 is 1.00 bits per heavy atom. The zero-order valence-corrected chi connectivity index (χ0v) is 13.8. The summed E-state index contributed by atoms with van der Waals surface area (Å²) in [5.74, 6) is -1.74. The van der Waals surface area contributed by atoms with E-state index in [1.165, 1.54) is 12.1 Å². The Bertz CT molecular complexity index is 789. The van der Waals surface area contributed by atoms with E-state index in [0.29, 0.717) is 6.61 Å². The number of hydrogen-bond donors (Lipinski definition) is 3. The van der Waals surface area contributed by atoms with Crippen LogP contribution in [0.2, 0.25) is 0 Å². The molecule has 0 aromatic heterocycles. The Balaban J connectivity index is 2.20. The highest BCUT2D eigenvalue weighted by molar-refractivity contribution is 6.29. The average molecular weight is 332 g/mol. The van der Waals surface area contributed by atoms with Gasteiger partial charge in [-0.3, -0.25) is 9.59 Å². The summed E-state index contributed by atoms with van der Waals surface area (Å²) in [6.45, 7) is 5.41. The molecule has 3 N–H and O–H groups in total. The predicted octanol–water partition coefficient (Wildman–Crippen LogP) is 2.11. The first-order valence-electron chi connectivity index (χ1n) is 7.85. The number of Topliss-reactive ketones (excluding diaryl/α,β-unsaturated/α-hetero) is 2. The van der Waals surface area contributed by atoms with Gasteiger partial charge in [-0.2, -0.15) is 0 Å². The monoisotopic (exact) mass is 332 g/mol. The highest BCUT2D eigenvalue weighted by Crippen LogP contribution is 2.48. The second kappa shape index (κ2) is 5.16. The van der Waals surface area contributed by atoms with Crippen LogP contribution in [0.15, 0.2) is 23.3 Å². The fourth-order valence-corrected chi connectivity index (χ4v) is 3.57. The maximum Gasteiger partial charge on any atom is 0.194 e. The number of aliphatic hydroxyl groups is 1. The van der Waals surface area contributed by atoms with Crippen molar-refractivity contribution in [3.63, 3.8) is 0 Å². The number of rotatable bonds is 2. The molecule has 2 atom stereocenters. The Kier molecular flexibility index (Phi) is 3.58. The minimum absolute atomic E-state index is 0.0576. The van der Waals surface area contributed by atoms with E-state index in [1.54, 1.807) is 20.8 Å². The Morgan fingerprint density at radius 2 is 1.46 bits per heavy atom. The number of hydrogen-bond acceptors (Lipinski definition) is 6. The maximum absolute atomic E-state index is 12.9. The molecule has 0 radical (unpaired) electrons. The Morgan fingerprint density at radius 3 is 1.92 bits per heavy atom. The summed E-state index contributed by atoms with van der Waals surface area (Å²) in [7, 11) is 0. The number of carbonyl (C=O) groups excluding carboxylic acids is 2. The lowest BCUT2D eigenvalue weighted by atomic mass is 9.65. The normalized spacial score (nSPS) is 29.5. The molecule has 24 heavy (non-hydrogen) atoms. The third-order valence-electron chi connectivity index (χ3n) is 5.17. The second-order valence-electron chi connectivity index (χ2n) is 6.76. The molecule has 0 aliphatic heterocycles. The van der Waals surface area contributed by atoms with Crippen LogP contribution in [0.3, 0.4) is 0 Å². The summed E-state index contributed by atoms with van der Waals surface area (Å²) < 4.78 is 5.70. The smallest absolute Gasteiger partial charge is 0.194 e. The van der Waals surface area contributed by atoms with E-state index in [-0.39, 0.29) is 46.6 Å². The molecule has 0 amide bonds. The van der Waals surface area contributed by atoms with Crippen LogP contribution in [0.5, 0.6) is 11.5 Å². The van der Waals surface area contributed by atoms with E-state index in [0.717, 1.165) is 0 Å². The summed E-state index contributed by atoms with van der Waals surface area (Å²) in [5, 5.41) is 30.8. The lowest BCUT2D eigenvalue weighted by Crippen LogP contribution is -2.56. The number of ketones is 2. The molecule has 6 heteroatoms. The molecular weight excluding hydrogens is 312 g/mol. The molecule has 6 nitrogen and oxygen atoms in total. The Labute approximate surface area is 139 Å². The van der Waals surface area contributed by atoms with Crippen LogP contribution in [0.4, 0.5) is 0 Å². The molecule has 2 aliphatic rings. The summed E-state index contributed by atoms with van der Waals surface area (Å²) >= 11 is 0. The van der Waals surface area contributed by atoms with Crippen molar-refractivity contribution in [2.75, 3.05) is 6.61 Å². The van der Waals surface area contributed by atoms with Crippen LogP contribution in [0.25, 0.3) is 0 Å². The van der Waals surface area contributed by atoms with Crippen molar-refractivity contribution < 1.29 is 29.6 Å². The molecule has 0 saturated carbocycles. The predicted molar refractivity (Wildman–Crippen MR) is 85.3 cm³/mol. The molecule has 3 rings (SSSR count). The summed E-state index contributed by atoms with van der Waals surface area (Å²) in [4.78, 5) is 25.6. The fraction of sp³-hybridized carbons (Fsp3) is 0.444. The van der Waals surface area contributed by atoms with Gasteiger partial charge in [-0.05, 0) is 32.9 Å². The zero-order chi connectivity index (χ0) is 17.9. The lowest BCUT2D eigenvalue weighted by Gasteiger charge is -2.47. The van der Waals surface area contributed by atoms with Crippen LogP contribution in [-0.4, -0.2) is 44.7 Å². The largest absolute Gasteiger partial charge is 0.507 e. The molecule has 0 saturated heterocycles. The van der Waals surface area contributed by atoms with Gasteiger partial charge < -0.3 is 20.1 Å². The molecule has 0 heterocycles. The second-order valence-corrected chi connectivity index (χ2v) is 6.76. The van der Waals surface area contributed by atoms with Crippen molar-refractivity contribution in [3.05, 3.63) is 34.4 Å². The van der Waals surface area contributed by atoms with Crippen molar-refractivity contribution >= 4 is 11.6 Å². The third-order valence-corrected chi connectivity index (χ3v) is 5.17. The van der Waals surface area contributed by atoms with Gasteiger partial charge in [-0.15, -0.1) is 0 Å². The summed E-state index contributed by atoms with van der Waals surface area (Å²) in [6.07, 6.45) is 0.000224. The van der Waals surface area contributed by atoms with E-state index in [1.807, 2.05) is 0 Å². The quantitative estimate of drug-likeness (QED) is 0.717. The van der Waals surface area contributed by atoms with Gasteiger partial charge >= 0.3 is 0 Å². The van der Waals surface area contributed by atoms with Crippen LogP contribution in [0.1, 0.15) is 54.3 Å². The van der Waals surface area contributed by atoms with Gasteiger partial charge in [0, 0.05) is 30.6 Å². The van der Waals surface area contributed by atoms with Crippen molar-refractivity contribution in [2.45, 2.75) is 44.8 Å². The molecule has 0 bridgehead atoms. The Hall–Kier alpha value is -2.18. The number of phenolic OH excluding ortho intramolecular Hbond substituents is 2. The fourth-order valence-electron chi connectivity index (χ4n) is 3.57.